The molecule has 1 aliphatic heterocycles. The fourth-order valence-electron chi connectivity index (χ4n) is 2.84. The Morgan fingerprint density at radius 2 is 2.12 bits per heavy atom. The molecule has 1 aromatic rings. The first kappa shape index (κ1) is 11.3. The van der Waals surface area contributed by atoms with Crippen molar-refractivity contribution in [3.05, 3.63) is 23.8 Å². The minimum atomic E-state index is 0.656. The normalized spacial score (nSPS) is 20.8. The van der Waals surface area contributed by atoms with Crippen LogP contribution < -0.4 is 10.6 Å². The van der Waals surface area contributed by atoms with Gasteiger partial charge in [0.1, 0.15) is 0 Å². The van der Waals surface area contributed by atoms with Crippen LogP contribution in [-0.2, 0) is 0 Å². The van der Waals surface area contributed by atoms with E-state index in [1.165, 1.54) is 24.1 Å². The third-order valence-corrected chi connectivity index (χ3v) is 3.62. The number of aryl methyl sites for hydroxylation is 1. The summed E-state index contributed by atoms with van der Waals surface area (Å²) in [6.45, 7) is 7.91. The highest BCUT2D eigenvalue weighted by Gasteiger charge is 2.28. The predicted molar refractivity (Wildman–Crippen MR) is 70.8 cm³/mol. The first-order valence-electron chi connectivity index (χ1n) is 6.23. The van der Waals surface area contributed by atoms with Crippen LogP contribution in [0.2, 0.25) is 0 Å². The molecule has 16 heavy (non-hydrogen) atoms. The van der Waals surface area contributed by atoms with Crippen LogP contribution in [0, 0.1) is 12.8 Å². The Labute approximate surface area is 98.4 Å². The molecule has 0 aliphatic carbocycles. The van der Waals surface area contributed by atoms with E-state index in [1.54, 1.807) is 0 Å². The van der Waals surface area contributed by atoms with Crippen LogP contribution in [-0.4, -0.2) is 12.6 Å². The molecule has 0 radical (unpaired) electrons. The zero-order valence-electron chi connectivity index (χ0n) is 10.5. The molecule has 1 aromatic carbocycles. The van der Waals surface area contributed by atoms with Gasteiger partial charge in [0.2, 0.25) is 0 Å². The lowest BCUT2D eigenvalue weighted by Crippen LogP contribution is -2.34. The number of rotatable bonds is 2. The van der Waals surface area contributed by atoms with Crippen molar-refractivity contribution >= 4 is 11.4 Å². The molecule has 1 aliphatic rings. The van der Waals surface area contributed by atoms with Crippen molar-refractivity contribution in [2.75, 3.05) is 17.2 Å². The van der Waals surface area contributed by atoms with Crippen molar-refractivity contribution in [1.29, 1.82) is 0 Å². The summed E-state index contributed by atoms with van der Waals surface area (Å²) in [6.07, 6.45) is 2.59. The average molecular weight is 218 g/mol. The zero-order valence-corrected chi connectivity index (χ0v) is 10.5. The Morgan fingerprint density at radius 3 is 2.75 bits per heavy atom. The van der Waals surface area contributed by atoms with Crippen LogP contribution in [0.1, 0.15) is 32.3 Å². The number of nitrogens with zero attached hydrogens (tertiary/aromatic N) is 1. The minimum absolute atomic E-state index is 0.656. The largest absolute Gasteiger partial charge is 0.397 e. The Bertz CT molecular complexity index is 351. The summed E-state index contributed by atoms with van der Waals surface area (Å²) in [5.74, 6) is 0.696. The Kier molecular flexibility index (Phi) is 3.08. The molecule has 2 N–H and O–H groups in total. The van der Waals surface area contributed by atoms with Gasteiger partial charge in [0.15, 0.2) is 0 Å². The van der Waals surface area contributed by atoms with E-state index in [9.17, 15) is 0 Å². The van der Waals surface area contributed by atoms with Crippen molar-refractivity contribution in [3.8, 4) is 0 Å². The minimum Gasteiger partial charge on any atom is -0.397 e. The number of hydrogen-bond acceptors (Lipinski definition) is 2. The van der Waals surface area contributed by atoms with Crippen molar-refractivity contribution in [3.63, 3.8) is 0 Å². The highest BCUT2D eigenvalue weighted by molar-refractivity contribution is 5.72. The van der Waals surface area contributed by atoms with Gasteiger partial charge in [0, 0.05) is 12.6 Å². The van der Waals surface area contributed by atoms with Gasteiger partial charge in [-0.1, -0.05) is 26.0 Å². The van der Waals surface area contributed by atoms with E-state index in [-0.39, 0.29) is 0 Å². The first-order chi connectivity index (χ1) is 7.61. The highest BCUT2D eigenvalue weighted by Crippen LogP contribution is 2.35. The molecule has 2 heteroatoms. The fraction of sp³-hybridized carbons (Fsp3) is 0.571. The van der Waals surface area contributed by atoms with Gasteiger partial charge in [-0.05, 0) is 37.3 Å². The van der Waals surface area contributed by atoms with Crippen molar-refractivity contribution < 1.29 is 0 Å². The number of hydrogen-bond donors (Lipinski definition) is 1. The van der Waals surface area contributed by atoms with Gasteiger partial charge in [0.05, 0.1) is 11.4 Å². The summed E-state index contributed by atoms with van der Waals surface area (Å²) < 4.78 is 0. The Hall–Kier alpha value is -1.18. The van der Waals surface area contributed by atoms with E-state index in [2.05, 4.69) is 31.7 Å². The Balaban J connectivity index is 2.36. The topological polar surface area (TPSA) is 29.3 Å². The SMILES string of the molecule is Cc1cccc(N)c1N1CCCC1C(C)C. The summed E-state index contributed by atoms with van der Waals surface area (Å²) >= 11 is 0. The Morgan fingerprint density at radius 1 is 1.38 bits per heavy atom. The van der Waals surface area contributed by atoms with Crippen LogP contribution in [0.3, 0.4) is 0 Å². The first-order valence-corrected chi connectivity index (χ1v) is 6.23. The molecule has 1 fully saturated rings. The van der Waals surface area contributed by atoms with E-state index in [0.29, 0.717) is 12.0 Å². The summed E-state index contributed by atoms with van der Waals surface area (Å²) in [4.78, 5) is 2.51. The predicted octanol–water partition coefficient (Wildman–Crippen LogP) is 3.20. The fourth-order valence-corrected chi connectivity index (χ4v) is 2.84. The molecule has 0 amide bonds. The van der Waals surface area contributed by atoms with Gasteiger partial charge in [-0.15, -0.1) is 0 Å². The zero-order chi connectivity index (χ0) is 11.7. The van der Waals surface area contributed by atoms with Crippen LogP contribution >= 0.6 is 0 Å². The van der Waals surface area contributed by atoms with Gasteiger partial charge in [-0.25, -0.2) is 0 Å². The summed E-state index contributed by atoms with van der Waals surface area (Å²) in [6, 6.07) is 6.86. The summed E-state index contributed by atoms with van der Waals surface area (Å²) in [5, 5.41) is 0. The molecule has 2 nitrogen and oxygen atoms in total. The summed E-state index contributed by atoms with van der Waals surface area (Å²) in [5.41, 5.74) is 9.61. The van der Waals surface area contributed by atoms with Gasteiger partial charge in [-0.2, -0.15) is 0 Å². The maximum absolute atomic E-state index is 6.12. The van der Waals surface area contributed by atoms with Crippen LogP contribution in [0.4, 0.5) is 11.4 Å². The second-order valence-corrected chi connectivity index (χ2v) is 5.16. The van der Waals surface area contributed by atoms with Crippen molar-refractivity contribution in [2.45, 2.75) is 39.7 Å². The van der Waals surface area contributed by atoms with Gasteiger partial charge in [0.25, 0.3) is 0 Å². The monoisotopic (exact) mass is 218 g/mol. The van der Waals surface area contributed by atoms with Gasteiger partial charge in [-0.3, -0.25) is 0 Å². The highest BCUT2D eigenvalue weighted by atomic mass is 15.2. The number of anilines is 2. The lowest BCUT2D eigenvalue weighted by atomic mass is 10.0. The molecule has 0 bridgehead atoms. The van der Waals surface area contributed by atoms with E-state index in [1.807, 2.05) is 12.1 Å². The number of nitrogens with two attached hydrogens (primary N) is 1. The molecule has 1 unspecified atom stereocenters. The molecule has 1 saturated heterocycles. The lowest BCUT2D eigenvalue weighted by Gasteiger charge is -2.32. The quantitative estimate of drug-likeness (QED) is 0.772. The average Bonchev–Trinajstić information content (AvgIpc) is 2.66. The third-order valence-electron chi connectivity index (χ3n) is 3.62. The number of para-hydroxylation sites is 1. The maximum Gasteiger partial charge on any atom is 0.0632 e. The van der Waals surface area contributed by atoms with Gasteiger partial charge >= 0.3 is 0 Å². The van der Waals surface area contributed by atoms with Crippen molar-refractivity contribution in [2.24, 2.45) is 5.92 Å². The van der Waals surface area contributed by atoms with Crippen molar-refractivity contribution in [1.82, 2.24) is 0 Å². The van der Waals surface area contributed by atoms with E-state index in [0.717, 1.165) is 12.2 Å². The molecule has 0 saturated carbocycles. The second kappa shape index (κ2) is 4.36. The number of nitrogen functional groups attached to an aromatic ring is 1. The van der Waals surface area contributed by atoms with Crippen LogP contribution in [0.15, 0.2) is 18.2 Å². The molecular weight excluding hydrogens is 196 g/mol. The van der Waals surface area contributed by atoms with E-state index in [4.69, 9.17) is 5.73 Å². The van der Waals surface area contributed by atoms with E-state index >= 15 is 0 Å². The molecular formula is C14H22N2. The number of benzene rings is 1. The lowest BCUT2D eigenvalue weighted by molar-refractivity contribution is 0.492. The molecule has 0 aromatic heterocycles. The molecule has 0 spiro atoms. The van der Waals surface area contributed by atoms with Crippen LogP contribution in [0.5, 0.6) is 0 Å². The van der Waals surface area contributed by atoms with Gasteiger partial charge < -0.3 is 10.6 Å². The molecule has 2 rings (SSSR count). The van der Waals surface area contributed by atoms with Crippen LogP contribution in [0.25, 0.3) is 0 Å². The smallest absolute Gasteiger partial charge is 0.0632 e. The molecule has 88 valence electrons. The molecule has 1 atom stereocenters. The standard InChI is InChI=1S/C14H22N2/c1-10(2)13-8-5-9-16(13)14-11(3)6-4-7-12(14)15/h4,6-7,10,13H,5,8-9,15H2,1-3H3. The van der Waals surface area contributed by atoms with E-state index < -0.39 is 0 Å². The summed E-state index contributed by atoms with van der Waals surface area (Å²) in [7, 11) is 0. The maximum atomic E-state index is 6.12. The second-order valence-electron chi connectivity index (χ2n) is 5.16. The molecule has 1 heterocycles. The third kappa shape index (κ3) is 1.89.